The molecule has 1 aliphatic rings. The first-order valence-corrected chi connectivity index (χ1v) is 9.43. The third-order valence-electron chi connectivity index (χ3n) is 4.85. The van der Waals surface area contributed by atoms with Gasteiger partial charge in [0, 0.05) is 28.5 Å². The Morgan fingerprint density at radius 3 is 2.67 bits per heavy atom. The fourth-order valence-electron chi connectivity index (χ4n) is 3.46. The number of aromatic amines is 1. The van der Waals surface area contributed by atoms with Crippen molar-refractivity contribution in [2.24, 2.45) is 0 Å². The van der Waals surface area contributed by atoms with Crippen LogP contribution in [0.5, 0.6) is 0 Å². The fourth-order valence-corrected chi connectivity index (χ4v) is 3.58. The molecule has 0 unspecified atom stereocenters. The van der Waals surface area contributed by atoms with E-state index in [-0.39, 0.29) is 18.4 Å². The minimum absolute atomic E-state index is 0.0393. The first-order valence-electron chi connectivity index (χ1n) is 9.05. The van der Waals surface area contributed by atoms with Crippen LogP contribution in [0.25, 0.3) is 11.5 Å². The highest BCUT2D eigenvalue weighted by Crippen LogP contribution is 2.26. The number of hydrogen-bond acceptors (Lipinski definition) is 5. The average molecular weight is 386 g/mol. The van der Waals surface area contributed by atoms with Crippen molar-refractivity contribution in [3.63, 3.8) is 0 Å². The van der Waals surface area contributed by atoms with E-state index < -0.39 is 0 Å². The second-order valence-corrected chi connectivity index (χ2v) is 7.16. The van der Waals surface area contributed by atoms with E-state index in [1.165, 1.54) is 0 Å². The third-order valence-corrected chi connectivity index (χ3v) is 5.10. The number of halogens is 1. The number of H-pyrrole nitrogens is 1. The SMILES string of the molecule is O=C(Cc1ccn[nH]1)N(Cc1nnc(-c2ccc(Cl)cc2)o1)C1CCCC1. The van der Waals surface area contributed by atoms with Crippen LogP contribution >= 0.6 is 11.6 Å². The quantitative estimate of drug-likeness (QED) is 0.700. The summed E-state index contributed by atoms with van der Waals surface area (Å²) in [6, 6.07) is 9.25. The molecule has 0 spiro atoms. The summed E-state index contributed by atoms with van der Waals surface area (Å²) in [4.78, 5) is 14.8. The van der Waals surface area contributed by atoms with Crippen LogP contribution in [0.4, 0.5) is 0 Å². The van der Waals surface area contributed by atoms with Gasteiger partial charge in [-0.3, -0.25) is 9.89 Å². The summed E-state index contributed by atoms with van der Waals surface area (Å²) < 4.78 is 5.81. The van der Waals surface area contributed by atoms with Gasteiger partial charge in [0.25, 0.3) is 0 Å². The van der Waals surface area contributed by atoms with Crippen molar-refractivity contribution in [1.82, 2.24) is 25.3 Å². The molecular weight excluding hydrogens is 366 g/mol. The summed E-state index contributed by atoms with van der Waals surface area (Å²) in [7, 11) is 0. The van der Waals surface area contributed by atoms with Crippen LogP contribution in [0.3, 0.4) is 0 Å². The lowest BCUT2D eigenvalue weighted by Gasteiger charge is -2.27. The molecule has 1 amide bonds. The maximum atomic E-state index is 12.9. The number of aromatic nitrogens is 4. The zero-order valence-electron chi connectivity index (χ0n) is 14.8. The summed E-state index contributed by atoms with van der Waals surface area (Å²) in [6.07, 6.45) is 6.23. The van der Waals surface area contributed by atoms with Gasteiger partial charge in [-0.15, -0.1) is 10.2 Å². The molecule has 1 aromatic carbocycles. The monoisotopic (exact) mass is 385 g/mol. The van der Waals surface area contributed by atoms with E-state index in [1.807, 2.05) is 23.1 Å². The Kier molecular flexibility index (Phi) is 5.20. The average Bonchev–Trinajstić information content (AvgIpc) is 3.43. The molecule has 0 bridgehead atoms. The number of carbonyl (C=O) groups excluding carboxylic acids is 1. The maximum absolute atomic E-state index is 12.9. The Balaban J connectivity index is 1.51. The van der Waals surface area contributed by atoms with Gasteiger partial charge in [0.2, 0.25) is 17.7 Å². The molecule has 0 aliphatic heterocycles. The maximum Gasteiger partial charge on any atom is 0.247 e. The Morgan fingerprint density at radius 1 is 1.19 bits per heavy atom. The highest BCUT2D eigenvalue weighted by Gasteiger charge is 2.28. The molecule has 140 valence electrons. The van der Waals surface area contributed by atoms with E-state index in [0.717, 1.165) is 36.9 Å². The van der Waals surface area contributed by atoms with Gasteiger partial charge < -0.3 is 9.32 Å². The van der Waals surface area contributed by atoms with Gasteiger partial charge in [0.05, 0.1) is 13.0 Å². The first kappa shape index (κ1) is 17.7. The van der Waals surface area contributed by atoms with Gasteiger partial charge in [-0.25, -0.2) is 0 Å². The third kappa shape index (κ3) is 4.19. The van der Waals surface area contributed by atoms with Gasteiger partial charge in [-0.05, 0) is 43.2 Å². The Labute approximate surface area is 161 Å². The molecule has 1 aliphatic carbocycles. The van der Waals surface area contributed by atoms with E-state index in [1.54, 1.807) is 18.3 Å². The smallest absolute Gasteiger partial charge is 0.247 e. The fraction of sp³-hybridized carbons (Fsp3) is 0.368. The molecule has 1 N–H and O–H groups in total. The van der Waals surface area contributed by atoms with Crippen molar-refractivity contribution >= 4 is 17.5 Å². The lowest BCUT2D eigenvalue weighted by atomic mass is 10.1. The Bertz CT molecular complexity index is 885. The molecule has 8 heteroatoms. The predicted molar refractivity (Wildman–Crippen MR) is 99.8 cm³/mol. The first-order chi connectivity index (χ1) is 13.2. The second-order valence-electron chi connectivity index (χ2n) is 6.73. The van der Waals surface area contributed by atoms with Crippen LogP contribution in [0.1, 0.15) is 37.3 Å². The summed E-state index contributed by atoms with van der Waals surface area (Å²) in [5.74, 6) is 0.899. The number of hydrogen-bond donors (Lipinski definition) is 1. The summed E-state index contributed by atoms with van der Waals surface area (Å²) in [6.45, 7) is 0.318. The van der Waals surface area contributed by atoms with Gasteiger partial charge in [-0.1, -0.05) is 24.4 Å². The lowest BCUT2D eigenvalue weighted by molar-refractivity contribution is -0.133. The largest absolute Gasteiger partial charge is 0.419 e. The normalized spacial score (nSPS) is 14.6. The van der Waals surface area contributed by atoms with Crippen molar-refractivity contribution in [3.05, 3.63) is 53.1 Å². The van der Waals surface area contributed by atoms with Gasteiger partial charge in [0.1, 0.15) is 0 Å². The predicted octanol–water partition coefficient (Wildman–Crippen LogP) is 3.63. The van der Waals surface area contributed by atoms with Crippen molar-refractivity contribution in [2.75, 3.05) is 0 Å². The summed E-state index contributed by atoms with van der Waals surface area (Å²) >= 11 is 5.92. The molecule has 4 rings (SSSR count). The minimum Gasteiger partial charge on any atom is -0.419 e. The number of benzene rings is 1. The zero-order valence-corrected chi connectivity index (χ0v) is 15.5. The van der Waals surface area contributed by atoms with Crippen molar-refractivity contribution in [1.29, 1.82) is 0 Å². The van der Waals surface area contributed by atoms with Crippen LogP contribution in [-0.2, 0) is 17.8 Å². The van der Waals surface area contributed by atoms with E-state index in [2.05, 4.69) is 20.4 Å². The number of carbonyl (C=O) groups is 1. The number of amides is 1. The molecule has 2 aromatic heterocycles. The molecule has 0 atom stereocenters. The van der Waals surface area contributed by atoms with Crippen molar-refractivity contribution < 1.29 is 9.21 Å². The molecule has 0 saturated heterocycles. The Hall–Kier alpha value is -2.67. The van der Waals surface area contributed by atoms with Crippen LogP contribution in [0, 0.1) is 0 Å². The van der Waals surface area contributed by atoms with Gasteiger partial charge in [0.15, 0.2) is 0 Å². The molecule has 27 heavy (non-hydrogen) atoms. The van der Waals surface area contributed by atoms with Crippen molar-refractivity contribution in [2.45, 2.75) is 44.7 Å². The van der Waals surface area contributed by atoms with E-state index in [9.17, 15) is 4.79 Å². The van der Waals surface area contributed by atoms with Crippen LogP contribution in [0.15, 0.2) is 40.9 Å². The second kappa shape index (κ2) is 7.92. The number of nitrogens with zero attached hydrogens (tertiary/aromatic N) is 4. The van der Waals surface area contributed by atoms with E-state index in [0.29, 0.717) is 23.3 Å². The zero-order chi connectivity index (χ0) is 18.6. The number of rotatable bonds is 6. The molecule has 7 nitrogen and oxygen atoms in total. The summed E-state index contributed by atoms with van der Waals surface area (Å²) in [5, 5.41) is 15.7. The van der Waals surface area contributed by atoms with Crippen LogP contribution < -0.4 is 0 Å². The lowest BCUT2D eigenvalue weighted by Crippen LogP contribution is -2.39. The molecule has 1 fully saturated rings. The van der Waals surface area contributed by atoms with Gasteiger partial charge >= 0.3 is 0 Å². The standard InChI is InChI=1S/C19H20ClN5O2/c20-14-7-5-13(6-8-14)19-24-23-17(27-19)12-25(16-3-1-2-4-16)18(26)11-15-9-10-21-22-15/h5-10,16H,1-4,11-12H2,(H,21,22). The van der Waals surface area contributed by atoms with Crippen molar-refractivity contribution in [3.8, 4) is 11.5 Å². The van der Waals surface area contributed by atoms with E-state index in [4.69, 9.17) is 16.0 Å². The van der Waals surface area contributed by atoms with Crippen LogP contribution in [-0.4, -0.2) is 37.2 Å². The minimum atomic E-state index is 0.0393. The topological polar surface area (TPSA) is 87.9 Å². The van der Waals surface area contributed by atoms with Gasteiger partial charge in [-0.2, -0.15) is 5.10 Å². The highest BCUT2D eigenvalue weighted by molar-refractivity contribution is 6.30. The molecule has 3 aromatic rings. The Morgan fingerprint density at radius 2 is 1.96 bits per heavy atom. The summed E-state index contributed by atoms with van der Waals surface area (Å²) in [5.41, 5.74) is 1.60. The molecular formula is C19H20ClN5O2. The highest BCUT2D eigenvalue weighted by atomic mass is 35.5. The van der Waals surface area contributed by atoms with E-state index >= 15 is 0 Å². The molecule has 1 saturated carbocycles. The molecule has 2 heterocycles. The molecule has 0 radical (unpaired) electrons. The van der Waals surface area contributed by atoms with Crippen LogP contribution in [0.2, 0.25) is 5.02 Å². The number of nitrogens with one attached hydrogen (secondary N) is 1.